The van der Waals surface area contributed by atoms with Crippen LogP contribution in [0.2, 0.25) is 0 Å². The summed E-state index contributed by atoms with van der Waals surface area (Å²) < 4.78 is 0. The van der Waals surface area contributed by atoms with Crippen molar-refractivity contribution >= 4 is 11.3 Å². The number of benzene rings is 5. The maximum atomic E-state index is 3.78. The lowest BCUT2D eigenvalue weighted by Gasteiger charge is -2.24. The fourth-order valence-electron chi connectivity index (χ4n) is 5.09. The first-order chi connectivity index (χ1) is 18.3. The van der Waals surface area contributed by atoms with Crippen LogP contribution in [0.3, 0.4) is 0 Å². The predicted molar refractivity (Wildman–Crippen MR) is 157 cm³/mol. The highest BCUT2D eigenvalue weighted by molar-refractivity contribution is 5.84. The molecule has 1 unspecified atom stereocenters. The monoisotopic (exact) mass is 475 g/mol. The van der Waals surface area contributed by atoms with Crippen molar-refractivity contribution in [2.75, 3.05) is 5.32 Å². The van der Waals surface area contributed by atoms with Crippen LogP contribution in [0.5, 0.6) is 0 Å². The lowest BCUT2D eigenvalue weighted by molar-refractivity contribution is 0.848. The second kappa shape index (κ2) is 10.6. The summed E-state index contributed by atoms with van der Waals surface area (Å²) in [6.45, 7) is 0. The largest absolute Gasteiger partial charge is 0.355 e. The molecule has 178 valence electrons. The van der Waals surface area contributed by atoms with Gasteiger partial charge in [-0.05, 0) is 51.9 Å². The average Bonchev–Trinajstić information content (AvgIpc) is 2.99. The van der Waals surface area contributed by atoms with E-state index in [4.69, 9.17) is 0 Å². The summed E-state index contributed by atoms with van der Waals surface area (Å²) in [4.78, 5) is 0. The van der Waals surface area contributed by atoms with Gasteiger partial charge >= 0.3 is 0 Å². The summed E-state index contributed by atoms with van der Waals surface area (Å²) in [5.74, 6) is 0.302. The van der Waals surface area contributed by atoms with Crippen LogP contribution in [0.4, 0.5) is 5.69 Å². The van der Waals surface area contributed by atoms with Gasteiger partial charge in [0.2, 0.25) is 0 Å². The molecule has 0 spiro atoms. The van der Waals surface area contributed by atoms with E-state index in [0.717, 1.165) is 17.8 Å². The van der Waals surface area contributed by atoms with Crippen molar-refractivity contribution < 1.29 is 0 Å². The van der Waals surface area contributed by atoms with Crippen LogP contribution >= 0.6 is 0 Å². The molecule has 1 nitrogen and oxygen atoms in total. The van der Waals surface area contributed by atoms with Gasteiger partial charge in [0.1, 0.15) is 0 Å². The van der Waals surface area contributed by atoms with Crippen LogP contribution < -0.4 is 5.32 Å². The first-order valence-electron chi connectivity index (χ1n) is 12.9. The van der Waals surface area contributed by atoms with Gasteiger partial charge in [0.05, 0.1) is 0 Å². The third-order valence-electron chi connectivity index (χ3n) is 6.99. The van der Waals surface area contributed by atoms with Crippen LogP contribution in [0.15, 0.2) is 157 Å². The Hall–Kier alpha value is -4.62. The van der Waals surface area contributed by atoms with Crippen molar-refractivity contribution in [2.24, 2.45) is 0 Å². The SMILES string of the molecule is C1=C(Nc2cccc(-c3ccccc3)c2)C(c2ccccc2)=CCC1c1cccc(-c2ccccc2)c1. The van der Waals surface area contributed by atoms with Gasteiger partial charge < -0.3 is 5.32 Å². The van der Waals surface area contributed by atoms with E-state index in [0.29, 0.717) is 5.92 Å². The zero-order chi connectivity index (χ0) is 24.9. The van der Waals surface area contributed by atoms with Gasteiger partial charge in [-0.2, -0.15) is 0 Å². The standard InChI is InChI=1S/C36H29N/c1-4-12-27(13-5-1)30-18-10-19-31(24-30)33-22-23-35(29-16-8-3-9-17-29)36(26-33)37-34-21-11-20-32(25-34)28-14-6-2-7-15-28/h1-21,23-26,33,37H,22H2. The van der Waals surface area contributed by atoms with Crippen molar-refractivity contribution in [3.63, 3.8) is 0 Å². The topological polar surface area (TPSA) is 12.0 Å². The lowest BCUT2D eigenvalue weighted by atomic mass is 9.85. The first-order valence-corrected chi connectivity index (χ1v) is 12.9. The van der Waals surface area contributed by atoms with Crippen molar-refractivity contribution in [2.45, 2.75) is 12.3 Å². The maximum absolute atomic E-state index is 3.78. The molecule has 0 saturated heterocycles. The molecule has 0 heterocycles. The molecule has 1 aliphatic carbocycles. The summed E-state index contributed by atoms with van der Waals surface area (Å²) in [5.41, 5.74) is 11.0. The molecule has 0 radical (unpaired) electrons. The van der Waals surface area contributed by atoms with Gasteiger partial charge in [-0.15, -0.1) is 0 Å². The van der Waals surface area contributed by atoms with E-state index < -0.39 is 0 Å². The molecule has 0 amide bonds. The van der Waals surface area contributed by atoms with E-state index in [2.05, 4.69) is 157 Å². The van der Waals surface area contributed by atoms with Crippen LogP contribution in [-0.2, 0) is 0 Å². The smallest absolute Gasteiger partial charge is 0.0426 e. The molecule has 1 atom stereocenters. The number of hydrogen-bond donors (Lipinski definition) is 1. The minimum Gasteiger partial charge on any atom is -0.355 e. The Morgan fingerprint density at radius 3 is 1.68 bits per heavy atom. The van der Waals surface area contributed by atoms with Gasteiger partial charge in [-0.1, -0.05) is 140 Å². The van der Waals surface area contributed by atoms with Crippen molar-refractivity contribution in [3.8, 4) is 22.3 Å². The van der Waals surface area contributed by atoms with Gasteiger partial charge in [0, 0.05) is 22.9 Å². The van der Waals surface area contributed by atoms with E-state index in [1.807, 2.05) is 0 Å². The highest BCUT2D eigenvalue weighted by atomic mass is 14.9. The van der Waals surface area contributed by atoms with Crippen LogP contribution in [0, 0.1) is 0 Å². The van der Waals surface area contributed by atoms with Crippen LogP contribution in [-0.4, -0.2) is 0 Å². The van der Waals surface area contributed by atoms with E-state index in [1.54, 1.807) is 0 Å². The zero-order valence-electron chi connectivity index (χ0n) is 20.7. The van der Waals surface area contributed by atoms with Crippen LogP contribution in [0.25, 0.3) is 27.8 Å². The number of anilines is 1. The average molecular weight is 476 g/mol. The van der Waals surface area contributed by atoms with Gasteiger partial charge in [-0.3, -0.25) is 0 Å². The summed E-state index contributed by atoms with van der Waals surface area (Å²) in [6.07, 6.45) is 5.76. The molecule has 1 aliphatic rings. The molecule has 1 heteroatoms. The molecule has 6 rings (SSSR count). The zero-order valence-corrected chi connectivity index (χ0v) is 20.7. The number of hydrogen-bond acceptors (Lipinski definition) is 1. The van der Waals surface area contributed by atoms with Crippen LogP contribution in [0.1, 0.15) is 23.5 Å². The van der Waals surface area contributed by atoms with E-state index in [9.17, 15) is 0 Å². The van der Waals surface area contributed by atoms with Gasteiger partial charge in [0.15, 0.2) is 0 Å². The van der Waals surface area contributed by atoms with Crippen molar-refractivity contribution in [1.82, 2.24) is 0 Å². The van der Waals surface area contributed by atoms with Gasteiger partial charge in [0.25, 0.3) is 0 Å². The Labute approximate surface area is 219 Å². The Morgan fingerprint density at radius 1 is 0.486 bits per heavy atom. The minimum atomic E-state index is 0.302. The van der Waals surface area contributed by atoms with E-state index in [-0.39, 0.29) is 0 Å². The molecule has 0 saturated carbocycles. The molecule has 37 heavy (non-hydrogen) atoms. The number of nitrogens with one attached hydrogen (secondary N) is 1. The molecular weight excluding hydrogens is 446 g/mol. The Bertz CT molecular complexity index is 1550. The quantitative estimate of drug-likeness (QED) is 0.258. The Kier molecular flexibility index (Phi) is 6.51. The predicted octanol–water partition coefficient (Wildman–Crippen LogP) is 9.59. The highest BCUT2D eigenvalue weighted by Gasteiger charge is 2.19. The van der Waals surface area contributed by atoms with E-state index in [1.165, 1.54) is 39.0 Å². The summed E-state index contributed by atoms with van der Waals surface area (Å²) >= 11 is 0. The molecule has 5 aromatic carbocycles. The summed E-state index contributed by atoms with van der Waals surface area (Å²) in [5, 5.41) is 3.78. The maximum Gasteiger partial charge on any atom is 0.0426 e. The Morgan fingerprint density at radius 2 is 1.03 bits per heavy atom. The molecule has 0 bridgehead atoms. The molecule has 5 aromatic rings. The molecule has 0 aromatic heterocycles. The normalized spacial score (nSPS) is 15.0. The third kappa shape index (κ3) is 5.17. The Balaban J connectivity index is 1.35. The molecular formula is C36H29N. The third-order valence-corrected chi connectivity index (χ3v) is 6.99. The van der Waals surface area contributed by atoms with Crippen molar-refractivity contribution in [3.05, 3.63) is 169 Å². The summed E-state index contributed by atoms with van der Waals surface area (Å²) in [7, 11) is 0. The van der Waals surface area contributed by atoms with Crippen molar-refractivity contribution in [1.29, 1.82) is 0 Å². The molecule has 0 fully saturated rings. The summed E-state index contributed by atoms with van der Waals surface area (Å²) in [6, 6.07) is 49.5. The first kappa shape index (κ1) is 22.8. The van der Waals surface area contributed by atoms with Gasteiger partial charge in [-0.25, -0.2) is 0 Å². The highest BCUT2D eigenvalue weighted by Crippen LogP contribution is 2.37. The molecule has 0 aliphatic heterocycles. The molecule has 1 N–H and O–H groups in total. The second-order valence-electron chi connectivity index (χ2n) is 9.47. The fraction of sp³-hybridized carbons (Fsp3) is 0.0556. The fourth-order valence-corrected chi connectivity index (χ4v) is 5.09. The number of rotatable bonds is 6. The van der Waals surface area contributed by atoms with E-state index >= 15 is 0 Å². The number of allylic oxidation sites excluding steroid dienone is 3. The second-order valence-corrected chi connectivity index (χ2v) is 9.47. The minimum absolute atomic E-state index is 0.302. The lowest BCUT2D eigenvalue weighted by Crippen LogP contribution is -2.10.